The Hall–Kier alpha value is -0.330. The van der Waals surface area contributed by atoms with Crippen molar-refractivity contribution in [3.8, 4) is 0 Å². The molecule has 0 fully saturated rings. The third-order valence-corrected chi connectivity index (χ3v) is 1.56. The second-order valence-electron chi connectivity index (χ2n) is 2.67. The first-order chi connectivity index (χ1) is 5.99. The topological polar surface area (TPSA) is 47.3 Å². The maximum Gasteiger partial charge on any atom is 0.401 e. The number of hydrogen-bond acceptors (Lipinski definition) is 3. The number of halogens is 3. The first-order valence-electron chi connectivity index (χ1n) is 4.00. The van der Waals surface area contributed by atoms with Gasteiger partial charge in [-0.15, -0.1) is 0 Å². The fourth-order valence-electron chi connectivity index (χ4n) is 0.825. The van der Waals surface area contributed by atoms with Crippen LogP contribution in [0.15, 0.2) is 0 Å². The van der Waals surface area contributed by atoms with Gasteiger partial charge in [0.25, 0.3) is 0 Å². The molecule has 1 unspecified atom stereocenters. The smallest absolute Gasteiger partial charge is 0.380 e. The Morgan fingerprint density at radius 2 is 2.08 bits per heavy atom. The van der Waals surface area contributed by atoms with Crippen LogP contribution in [0.5, 0.6) is 0 Å². The van der Waals surface area contributed by atoms with E-state index in [4.69, 9.17) is 10.5 Å². The number of hydrogen-bond donors (Lipinski definition) is 2. The molecule has 0 aromatic rings. The molecule has 13 heavy (non-hydrogen) atoms. The molecule has 0 saturated heterocycles. The molecule has 0 heterocycles. The van der Waals surface area contributed by atoms with Crippen molar-refractivity contribution in [2.45, 2.75) is 18.7 Å². The highest BCUT2D eigenvalue weighted by molar-refractivity contribution is 4.62. The zero-order chi connectivity index (χ0) is 10.3. The minimum atomic E-state index is -4.15. The lowest BCUT2D eigenvalue weighted by Gasteiger charge is -2.13. The molecule has 1 atom stereocenters. The van der Waals surface area contributed by atoms with E-state index in [0.29, 0.717) is 13.0 Å². The van der Waals surface area contributed by atoms with Gasteiger partial charge in [-0.05, 0) is 13.0 Å². The Balaban J connectivity index is 3.34. The van der Waals surface area contributed by atoms with Crippen molar-refractivity contribution in [1.29, 1.82) is 0 Å². The molecule has 0 saturated carbocycles. The van der Waals surface area contributed by atoms with Gasteiger partial charge < -0.3 is 15.8 Å². The molecule has 0 aromatic carbocycles. The minimum Gasteiger partial charge on any atom is -0.380 e. The van der Waals surface area contributed by atoms with Crippen LogP contribution < -0.4 is 11.1 Å². The van der Waals surface area contributed by atoms with Crippen LogP contribution in [0.3, 0.4) is 0 Å². The van der Waals surface area contributed by atoms with Gasteiger partial charge in [-0.3, -0.25) is 0 Å². The first kappa shape index (κ1) is 12.7. The summed E-state index contributed by atoms with van der Waals surface area (Å²) in [5.41, 5.74) is 5.28. The van der Waals surface area contributed by atoms with E-state index in [-0.39, 0.29) is 12.6 Å². The average Bonchev–Trinajstić information content (AvgIpc) is 2.03. The standard InChI is InChI=1S/C7H15F3N2O/c1-13-6(4-11)2-3-12-5-7(8,9)10/h6,12H,2-5,11H2,1H3. The van der Waals surface area contributed by atoms with Crippen LogP contribution in [0.1, 0.15) is 6.42 Å². The Morgan fingerprint density at radius 1 is 1.46 bits per heavy atom. The van der Waals surface area contributed by atoms with Crippen LogP contribution in [-0.2, 0) is 4.74 Å². The molecule has 0 spiro atoms. The van der Waals surface area contributed by atoms with Crippen LogP contribution in [0.2, 0.25) is 0 Å². The van der Waals surface area contributed by atoms with E-state index >= 15 is 0 Å². The van der Waals surface area contributed by atoms with Crippen LogP contribution in [0.4, 0.5) is 13.2 Å². The van der Waals surface area contributed by atoms with Crippen LogP contribution in [0, 0.1) is 0 Å². The lowest BCUT2D eigenvalue weighted by molar-refractivity contribution is -0.124. The molecule has 80 valence electrons. The largest absolute Gasteiger partial charge is 0.401 e. The number of nitrogens with one attached hydrogen (secondary N) is 1. The Labute approximate surface area is 75.4 Å². The highest BCUT2D eigenvalue weighted by atomic mass is 19.4. The number of rotatable bonds is 6. The summed E-state index contributed by atoms with van der Waals surface area (Å²) >= 11 is 0. The molecule has 0 aromatic heterocycles. The summed E-state index contributed by atoms with van der Waals surface area (Å²) in [4.78, 5) is 0. The number of ether oxygens (including phenoxy) is 1. The van der Waals surface area contributed by atoms with E-state index in [1.807, 2.05) is 0 Å². The lowest BCUT2D eigenvalue weighted by Crippen LogP contribution is -2.33. The number of nitrogens with two attached hydrogens (primary N) is 1. The highest BCUT2D eigenvalue weighted by Crippen LogP contribution is 2.12. The van der Waals surface area contributed by atoms with Gasteiger partial charge in [0.2, 0.25) is 0 Å². The third kappa shape index (κ3) is 8.01. The van der Waals surface area contributed by atoms with Crippen molar-refractivity contribution in [1.82, 2.24) is 5.32 Å². The maximum absolute atomic E-state index is 11.6. The number of alkyl halides is 3. The summed E-state index contributed by atoms with van der Waals surface area (Å²) in [6.07, 6.45) is -3.82. The zero-order valence-corrected chi connectivity index (χ0v) is 7.53. The predicted octanol–water partition coefficient (Wildman–Crippen LogP) is 0.502. The second-order valence-corrected chi connectivity index (χ2v) is 2.67. The molecular weight excluding hydrogens is 185 g/mol. The monoisotopic (exact) mass is 200 g/mol. The molecule has 0 radical (unpaired) electrons. The molecule has 0 aliphatic heterocycles. The Kier molecular flexibility index (Phi) is 6.02. The molecule has 6 heteroatoms. The molecule has 0 rings (SSSR count). The van der Waals surface area contributed by atoms with Gasteiger partial charge in [0.05, 0.1) is 12.6 Å². The van der Waals surface area contributed by atoms with Gasteiger partial charge in [0.15, 0.2) is 0 Å². The molecule has 3 N–H and O–H groups in total. The predicted molar refractivity (Wildman–Crippen MR) is 43.4 cm³/mol. The van der Waals surface area contributed by atoms with Crippen molar-refractivity contribution in [2.75, 3.05) is 26.7 Å². The van der Waals surface area contributed by atoms with E-state index in [1.54, 1.807) is 0 Å². The van der Waals surface area contributed by atoms with Gasteiger partial charge in [-0.1, -0.05) is 0 Å². The number of methoxy groups -OCH3 is 1. The quantitative estimate of drug-likeness (QED) is 0.614. The fourth-order valence-corrected chi connectivity index (χ4v) is 0.825. The molecule has 0 aliphatic rings. The SMILES string of the molecule is COC(CN)CCNCC(F)(F)F. The van der Waals surface area contributed by atoms with Crippen LogP contribution in [-0.4, -0.2) is 39.0 Å². The Bertz CT molecular complexity index is 125. The van der Waals surface area contributed by atoms with Gasteiger partial charge in [0.1, 0.15) is 0 Å². The van der Waals surface area contributed by atoms with E-state index in [2.05, 4.69) is 5.32 Å². The van der Waals surface area contributed by atoms with Crippen molar-refractivity contribution in [2.24, 2.45) is 5.73 Å². The molecule has 0 aliphatic carbocycles. The van der Waals surface area contributed by atoms with Crippen molar-refractivity contribution in [3.05, 3.63) is 0 Å². The second kappa shape index (κ2) is 6.17. The first-order valence-corrected chi connectivity index (χ1v) is 4.00. The van der Waals surface area contributed by atoms with Crippen molar-refractivity contribution >= 4 is 0 Å². The van der Waals surface area contributed by atoms with E-state index in [1.165, 1.54) is 7.11 Å². The van der Waals surface area contributed by atoms with Crippen LogP contribution >= 0.6 is 0 Å². The summed E-state index contributed by atoms with van der Waals surface area (Å²) in [5, 5.41) is 2.26. The molecule has 3 nitrogen and oxygen atoms in total. The van der Waals surface area contributed by atoms with E-state index in [9.17, 15) is 13.2 Å². The summed E-state index contributed by atoms with van der Waals surface area (Å²) in [6, 6.07) is 0. The summed E-state index contributed by atoms with van der Waals surface area (Å²) in [6.45, 7) is -0.382. The minimum absolute atomic E-state index is 0.166. The van der Waals surface area contributed by atoms with E-state index < -0.39 is 12.7 Å². The maximum atomic E-state index is 11.6. The zero-order valence-electron chi connectivity index (χ0n) is 7.53. The van der Waals surface area contributed by atoms with Gasteiger partial charge >= 0.3 is 6.18 Å². The molecular formula is C7H15F3N2O. The van der Waals surface area contributed by atoms with Crippen LogP contribution in [0.25, 0.3) is 0 Å². The summed E-state index contributed by atoms with van der Waals surface area (Å²) in [5.74, 6) is 0. The summed E-state index contributed by atoms with van der Waals surface area (Å²) in [7, 11) is 1.49. The van der Waals surface area contributed by atoms with Gasteiger partial charge in [-0.25, -0.2) is 0 Å². The average molecular weight is 200 g/mol. The molecule has 0 amide bonds. The van der Waals surface area contributed by atoms with E-state index in [0.717, 1.165) is 0 Å². The highest BCUT2D eigenvalue weighted by Gasteiger charge is 2.26. The molecule has 0 bridgehead atoms. The third-order valence-electron chi connectivity index (χ3n) is 1.56. The van der Waals surface area contributed by atoms with Crippen molar-refractivity contribution in [3.63, 3.8) is 0 Å². The summed E-state index contributed by atoms with van der Waals surface area (Å²) < 4.78 is 39.8. The van der Waals surface area contributed by atoms with Gasteiger partial charge in [-0.2, -0.15) is 13.2 Å². The lowest BCUT2D eigenvalue weighted by atomic mass is 10.2. The normalized spacial score (nSPS) is 14.5. The fraction of sp³-hybridized carbons (Fsp3) is 1.00. The van der Waals surface area contributed by atoms with Gasteiger partial charge in [0, 0.05) is 13.7 Å². The van der Waals surface area contributed by atoms with Crippen molar-refractivity contribution < 1.29 is 17.9 Å². The Morgan fingerprint density at radius 3 is 2.46 bits per heavy atom.